The van der Waals surface area contributed by atoms with Crippen LogP contribution in [0, 0.1) is 18.8 Å². The number of sulfonamides is 1. The third-order valence-electron chi connectivity index (χ3n) is 4.48. The van der Waals surface area contributed by atoms with Gasteiger partial charge in [-0.1, -0.05) is 12.5 Å². The smallest absolute Gasteiger partial charge is 0.245 e. The highest BCUT2D eigenvalue weighted by Gasteiger charge is 2.41. The van der Waals surface area contributed by atoms with Crippen molar-refractivity contribution >= 4 is 15.7 Å². The van der Waals surface area contributed by atoms with E-state index < -0.39 is 10.0 Å². The first kappa shape index (κ1) is 12.9. The topological polar surface area (TPSA) is 63.4 Å². The van der Waals surface area contributed by atoms with Crippen LogP contribution < -0.4 is 5.73 Å². The van der Waals surface area contributed by atoms with Gasteiger partial charge >= 0.3 is 0 Å². The molecule has 0 amide bonds. The predicted molar refractivity (Wildman–Crippen MR) is 75.2 cm³/mol. The van der Waals surface area contributed by atoms with E-state index in [1.54, 1.807) is 22.5 Å². The van der Waals surface area contributed by atoms with Gasteiger partial charge in [0.25, 0.3) is 0 Å². The molecule has 104 valence electrons. The van der Waals surface area contributed by atoms with Crippen molar-refractivity contribution in [3.05, 3.63) is 23.8 Å². The maximum absolute atomic E-state index is 12.6. The molecule has 19 heavy (non-hydrogen) atoms. The molecule has 0 aromatic heterocycles. The van der Waals surface area contributed by atoms with Crippen LogP contribution in [0.2, 0.25) is 0 Å². The quantitative estimate of drug-likeness (QED) is 0.843. The monoisotopic (exact) mass is 280 g/mol. The summed E-state index contributed by atoms with van der Waals surface area (Å²) < 4.78 is 26.9. The number of benzene rings is 1. The number of anilines is 1. The zero-order valence-electron chi connectivity index (χ0n) is 11.2. The largest absolute Gasteiger partial charge is 0.398 e. The summed E-state index contributed by atoms with van der Waals surface area (Å²) in [4.78, 5) is 0.262. The second kappa shape index (κ2) is 4.49. The van der Waals surface area contributed by atoms with Gasteiger partial charge in [0.2, 0.25) is 10.0 Å². The van der Waals surface area contributed by atoms with Crippen molar-refractivity contribution in [3.63, 3.8) is 0 Å². The van der Waals surface area contributed by atoms with Gasteiger partial charge in [0.15, 0.2) is 0 Å². The molecule has 1 aliphatic heterocycles. The van der Waals surface area contributed by atoms with Gasteiger partial charge in [-0.25, -0.2) is 8.42 Å². The molecule has 2 fully saturated rings. The first-order valence-corrected chi connectivity index (χ1v) is 8.29. The molecule has 1 aromatic carbocycles. The Bertz CT molecular complexity index is 585. The van der Waals surface area contributed by atoms with E-state index in [0.717, 1.165) is 5.56 Å². The fourth-order valence-corrected chi connectivity index (χ4v) is 5.08. The minimum absolute atomic E-state index is 0.262. The van der Waals surface area contributed by atoms with Crippen molar-refractivity contribution in [2.45, 2.75) is 31.1 Å². The Balaban J connectivity index is 1.91. The minimum atomic E-state index is -3.42. The lowest BCUT2D eigenvalue weighted by atomic mass is 10.0. The predicted octanol–water partition coefficient (Wildman–Crippen LogP) is 2.00. The Hall–Kier alpha value is -1.07. The van der Waals surface area contributed by atoms with E-state index in [1.165, 1.54) is 19.3 Å². The molecule has 5 heteroatoms. The summed E-state index contributed by atoms with van der Waals surface area (Å²) in [5, 5.41) is 0. The van der Waals surface area contributed by atoms with Gasteiger partial charge in [-0.3, -0.25) is 0 Å². The molecule has 0 spiro atoms. The molecule has 2 atom stereocenters. The maximum Gasteiger partial charge on any atom is 0.245 e. The average Bonchev–Trinajstić information content (AvgIpc) is 2.87. The summed E-state index contributed by atoms with van der Waals surface area (Å²) in [5.41, 5.74) is 7.22. The fourth-order valence-electron chi connectivity index (χ4n) is 3.43. The number of fused-ring (bicyclic) bond motifs is 1. The van der Waals surface area contributed by atoms with E-state index in [0.29, 0.717) is 30.6 Å². The number of rotatable bonds is 2. The second-order valence-corrected chi connectivity index (χ2v) is 7.72. The Morgan fingerprint density at radius 1 is 1.21 bits per heavy atom. The molecule has 3 rings (SSSR count). The molecular formula is C14H20N2O2S. The van der Waals surface area contributed by atoms with Crippen molar-refractivity contribution < 1.29 is 8.42 Å². The fraction of sp³-hybridized carbons (Fsp3) is 0.571. The summed E-state index contributed by atoms with van der Waals surface area (Å²) in [6.45, 7) is 3.24. The van der Waals surface area contributed by atoms with Gasteiger partial charge in [0.1, 0.15) is 4.90 Å². The number of aryl methyl sites for hydroxylation is 1. The van der Waals surface area contributed by atoms with Crippen LogP contribution in [0.3, 0.4) is 0 Å². The van der Waals surface area contributed by atoms with E-state index in [-0.39, 0.29) is 4.90 Å². The summed E-state index contributed by atoms with van der Waals surface area (Å²) in [7, 11) is -3.42. The lowest BCUT2D eigenvalue weighted by Gasteiger charge is -2.18. The van der Waals surface area contributed by atoms with Crippen LogP contribution in [-0.4, -0.2) is 25.8 Å². The van der Waals surface area contributed by atoms with Gasteiger partial charge < -0.3 is 5.73 Å². The van der Waals surface area contributed by atoms with Gasteiger partial charge in [-0.2, -0.15) is 4.31 Å². The summed E-state index contributed by atoms with van der Waals surface area (Å²) in [6, 6.07) is 5.16. The number of nitrogens with two attached hydrogens (primary N) is 1. The first-order chi connectivity index (χ1) is 8.98. The van der Waals surface area contributed by atoms with Crippen LogP contribution in [-0.2, 0) is 10.0 Å². The van der Waals surface area contributed by atoms with Crippen LogP contribution in [0.25, 0.3) is 0 Å². The number of nitrogen functional groups attached to an aromatic ring is 1. The molecule has 1 saturated carbocycles. The molecule has 2 N–H and O–H groups in total. The number of hydrogen-bond acceptors (Lipinski definition) is 3. The molecule has 1 aromatic rings. The highest BCUT2D eigenvalue weighted by Crippen LogP contribution is 2.40. The van der Waals surface area contributed by atoms with E-state index in [9.17, 15) is 8.42 Å². The molecule has 1 aliphatic carbocycles. The van der Waals surface area contributed by atoms with Crippen molar-refractivity contribution in [1.82, 2.24) is 4.31 Å². The van der Waals surface area contributed by atoms with Crippen LogP contribution in [0.4, 0.5) is 5.69 Å². The van der Waals surface area contributed by atoms with E-state index in [1.807, 2.05) is 6.92 Å². The van der Waals surface area contributed by atoms with Crippen LogP contribution >= 0.6 is 0 Å². The van der Waals surface area contributed by atoms with Gasteiger partial charge in [-0.15, -0.1) is 0 Å². The molecule has 4 nitrogen and oxygen atoms in total. The Morgan fingerprint density at radius 2 is 1.84 bits per heavy atom. The summed E-state index contributed by atoms with van der Waals surface area (Å²) >= 11 is 0. The molecule has 2 unspecified atom stereocenters. The van der Waals surface area contributed by atoms with Crippen LogP contribution in [0.5, 0.6) is 0 Å². The number of nitrogens with zero attached hydrogens (tertiary/aromatic N) is 1. The highest BCUT2D eigenvalue weighted by molar-refractivity contribution is 7.89. The second-order valence-electron chi connectivity index (χ2n) is 5.81. The Kier molecular flexibility index (Phi) is 3.06. The van der Waals surface area contributed by atoms with Crippen LogP contribution in [0.15, 0.2) is 23.1 Å². The Labute approximate surface area is 114 Å². The zero-order chi connectivity index (χ0) is 13.6. The lowest BCUT2D eigenvalue weighted by Crippen LogP contribution is -2.30. The van der Waals surface area contributed by atoms with E-state index >= 15 is 0 Å². The number of hydrogen-bond donors (Lipinski definition) is 1. The summed E-state index contributed by atoms with van der Waals surface area (Å²) in [6.07, 6.45) is 3.58. The average molecular weight is 280 g/mol. The Morgan fingerprint density at radius 3 is 2.42 bits per heavy atom. The summed E-state index contributed by atoms with van der Waals surface area (Å²) in [5.74, 6) is 1.11. The van der Waals surface area contributed by atoms with Crippen molar-refractivity contribution in [1.29, 1.82) is 0 Å². The minimum Gasteiger partial charge on any atom is -0.398 e. The molecule has 0 bridgehead atoms. The normalized spacial score (nSPS) is 27.6. The molecule has 1 saturated heterocycles. The molecular weight excluding hydrogens is 260 g/mol. The molecule has 0 radical (unpaired) electrons. The van der Waals surface area contributed by atoms with E-state index in [4.69, 9.17) is 5.73 Å². The van der Waals surface area contributed by atoms with Crippen LogP contribution in [0.1, 0.15) is 24.8 Å². The van der Waals surface area contributed by atoms with Crippen molar-refractivity contribution in [2.75, 3.05) is 18.8 Å². The maximum atomic E-state index is 12.6. The van der Waals surface area contributed by atoms with Gasteiger partial charge in [0.05, 0.1) is 5.69 Å². The van der Waals surface area contributed by atoms with Gasteiger partial charge in [0, 0.05) is 13.1 Å². The third-order valence-corrected chi connectivity index (χ3v) is 6.38. The van der Waals surface area contributed by atoms with E-state index in [2.05, 4.69) is 0 Å². The zero-order valence-corrected chi connectivity index (χ0v) is 12.0. The van der Waals surface area contributed by atoms with Crippen molar-refractivity contribution in [3.8, 4) is 0 Å². The first-order valence-electron chi connectivity index (χ1n) is 6.85. The SMILES string of the molecule is Cc1ccc(S(=O)(=O)N2CC3CCCC3C2)c(N)c1. The molecule has 2 aliphatic rings. The standard InChI is InChI=1S/C14H20N2O2S/c1-10-5-6-14(13(15)7-10)19(17,18)16-8-11-3-2-4-12(11)9-16/h5-7,11-12H,2-4,8-9,15H2,1H3. The molecule has 1 heterocycles. The lowest BCUT2D eigenvalue weighted by molar-refractivity contribution is 0.446. The van der Waals surface area contributed by atoms with Gasteiger partial charge in [-0.05, 0) is 49.3 Å². The highest BCUT2D eigenvalue weighted by atomic mass is 32.2. The van der Waals surface area contributed by atoms with Crippen molar-refractivity contribution in [2.24, 2.45) is 11.8 Å². The third kappa shape index (κ3) is 2.15.